The van der Waals surface area contributed by atoms with Crippen molar-refractivity contribution in [2.75, 3.05) is 22.4 Å². The summed E-state index contributed by atoms with van der Waals surface area (Å²) in [6.45, 7) is 2.06. The molecule has 0 aliphatic heterocycles. The Morgan fingerprint density at radius 1 is 1.07 bits per heavy atom. The van der Waals surface area contributed by atoms with Gasteiger partial charge in [0, 0.05) is 17.5 Å². The summed E-state index contributed by atoms with van der Waals surface area (Å²) in [4.78, 5) is 13.6. The number of sulfonamides is 1. The molecule has 0 radical (unpaired) electrons. The highest BCUT2D eigenvalue weighted by molar-refractivity contribution is 7.99. The van der Waals surface area contributed by atoms with E-state index in [1.54, 1.807) is 53.5 Å². The van der Waals surface area contributed by atoms with E-state index in [2.05, 4.69) is 12.2 Å². The predicted octanol–water partition coefficient (Wildman–Crippen LogP) is 4.94. The first-order chi connectivity index (χ1) is 13.4. The van der Waals surface area contributed by atoms with Crippen LogP contribution in [-0.2, 0) is 10.0 Å². The van der Waals surface area contributed by atoms with Gasteiger partial charge in [-0.3, -0.25) is 9.10 Å². The number of carbonyl (C=O) groups excluding carboxylic acids is 1. The van der Waals surface area contributed by atoms with Crippen molar-refractivity contribution >= 4 is 50.4 Å². The van der Waals surface area contributed by atoms with Gasteiger partial charge in [0.25, 0.3) is 15.9 Å². The summed E-state index contributed by atoms with van der Waals surface area (Å²) in [6.07, 6.45) is 0. The Morgan fingerprint density at radius 3 is 2.43 bits per heavy atom. The Labute approximate surface area is 173 Å². The minimum absolute atomic E-state index is 0.237. The van der Waals surface area contributed by atoms with Crippen LogP contribution >= 0.6 is 23.1 Å². The van der Waals surface area contributed by atoms with Gasteiger partial charge in [0.15, 0.2) is 0 Å². The maximum Gasteiger partial charge on any atom is 0.273 e. The Hall–Kier alpha value is -2.29. The molecule has 146 valence electrons. The largest absolute Gasteiger partial charge is 0.321 e. The molecule has 0 aliphatic rings. The summed E-state index contributed by atoms with van der Waals surface area (Å²) in [7, 11) is -2.09. The molecule has 0 atom stereocenters. The number of hydrogen-bond donors (Lipinski definition) is 1. The molecule has 2 aromatic carbocycles. The van der Waals surface area contributed by atoms with E-state index in [1.807, 2.05) is 24.3 Å². The van der Waals surface area contributed by atoms with Crippen molar-refractivity contribution in [1.82, 2.24) is 0 Å². The minimum atomic E-state index is -3.59. The average molecular weight is 433 g/mol. The number of benzene rings is 2. The number of thioether (sulfide) groups is 1. The molecule has 0 aliphatic carbocycles. The molecule has 1 N–H and O–H groups in total. The molecular formula is C20H20N2O3S3. The van der Waals surface area contributed by atoms with Crippen LogP contribution in [0.5, 0.6) is 0 Å². The lowest BCUT2D eigenvalue weighted by atomic mass is 10.2. The lowest BCUT2D eigenvalue weighted by Gasteiger charge is -2.18. The molecule has 0 unspecified atom stereocenters. The number of para-hydroxylation sites is 1. The van der Waals surface area contributed by atoms with E-state index in [1.165, 1.54) is 22.7 Å². The third-order valence-electron chi connectivity index (χ3n) is 4.04. The zero-order valence-corrected chi connectivity index (χ0v) is 17.9. The lowest BCUT2D eigenvalue weighted by molar-refractivity contribution is 0.102. The van der Waals surface area contributed by atoms with E-state index in [-0.39, 0.29) is 10.1 Å². The standard InChI is InChI=1S/C20H20N2O3S3/c1-3-26-18-8-5-4-7-17(18)21-20(23)15-10-12-16(13-11-15)22(2)28(24,25)19-9-6-14-27-19/h4-14H,3H2,1-2H3,(H,21,23). The smallest absolute Gasteiger partial charge is 0.273 e. The van der Waals surface area contributed by atoms with Gasteiger partial charge in [-0.1, -0.05) is 25.1 Å². The summed E-state index contributed by atoms with van der Waals surface area (Å²) in [5.41, 5.74) is 1.72. The summed E-state index contributed by atoms with van der Waals surface area (Å²) >= 11 is 2.83. The Balaban J connectivity index is 1.77. The molecule has 0 fully saturated rings. The molecule has 28 heavy (non-hydrogen) atoms. The second-order valence-corrected chi connectivity index (χ2v) is 10.3. The molecule has 8 heteroatoms. The van der Waals surface area contributed by atoms with Crippen LogP contribution < -0.4 is 9.62 Å². The van der Waals surface area contributed by atoms with Gasteiger partial charge in [-0.2, -0.15) is 0 Å². The molecule has 1 amide bonds. The van der Waals surface area contributed by atoms with Gasteiger partial charge in [-0.05, 0) is 53.6 Å². The van der Waals surface area contributed by atoms with Crippen LogP contribution in [0.2, 0.25) is 0 Å². The van der Waals surface area contributed by atoms with Crippen molar-refractivity contribution in [3.63, 3.8) is 0 Å². The zero-order chi connectivity index (χ0) is 20.1. The molecular weight excluding hydrogens is 412 g/mol. The highest BCUT2D eigenvalue weighted by atomic mass is 32.2. The van der Waals surface area contributed by atoms with Crippen molar-refractivity contribution in [2.45, 2.75) is 16.0 Å². The van der Waals surface area contributed by atoms with Crippen LogP contribution in [0.1, 0.15) is 17.3 Å². The molecule has 0 saturated heterocycles. The molecule has 0 bridgehead atoms. The van der Waals surface area contributed by atoms with Crippen LogP contribution in [0, 0.1) is 0 Å². The van der Waals surface area contributed by atoms with Gasteiger partial charge in [-0.25, -0.2) is 8.42 Å². The van der Waals surface area contributed by atoms with Gasteiger partial charge < -0.3 is 5.32 Å². The molecule has 0 spiro atoms. The summed E-state index contributed by atoms with van der Waals surface area (Å²) in [6, 6.07) is 17.4. The maximum atomic E-state index is 12.6. The molecule has 3 aromatic rings. The van der Waals surface area contributed by atoms with Crippen LogP contribution in [0.15, 0.2) is 75.1 Å². The highest BCUT2D eigenvalue weighted by Crippen LogP contribution is 2.28. The molecule has 3 rings (SSSR count). The van der Waals surface area contributed by atoms with E-state index in [9.17, 15) is 13.2 Å². The number of carbonyl (C=O) groups is 1. The van der Waals surface area contributed by atoms with Crippen LogP contribution in [-0.4, -0.2) is 27.1 Å². The monoisotopic (exact) mass is 432 g/mol. The predicted molar refractivity (Wildman–Crippen MR) is 117 cm³/mol. The van der Waals surface area contributed by atoms with Gasteiger partial charge in [0.1, 0.15) is 4.21 Å². The Kier molecular flexibility index (Phi) is 6.43. The first-order valence-electron chi connectivity index (χ1n) is 8.59. The number of thiophene rings is 1. The van der Waals surface area contributed by atoms with Crippen LogP contribution in [0.25, 0.3) is 0 Å². The number of rotatable bonds is 7. The van der Waals surface area contributed by atoms with E-state index in [4.69, 9.17) is 0 Å². The third kappa shape index (κ3) is 4.40. The van der Waals surface area contributed by atoms with Crippen molar-refractivity contribution < 1.29 is 13.2 Å². The van der Waals surface area contributed by atoms with E-state index in [0.29, 0.717) is 11.3 Å². The molecule has 1 aromatic heterocycles. The summed E-state index contributed by atoms with van der Waals surface area (Å²) in [5, 5.41) is 4.65. The Morgan fingerprint density at radius 2 is 1.79 bits per heavy atom. The minimum Gasteiger partial charge on any atom is -0.321 e. The number of amides is 1. The van der Waals surface area contributed by atoms with E-state index >= 15 is 0 Å². The SMILES string of the molecule is CCSc1ccccc1NC(=O)c1ccc(N(C)S(=O)(=O)c2cccs2)cc1. The fraction of sp³-hybridized carbons (Fsp3) is 0.150. The van der Waals surface area contributed by atoms with Gasteiger partial charge >= 0.3 is 0 Å². The highest BCUT2D eigenvalue weighted by Gasteiger charge is 2.22. The lowest BCUT2D eigenvalue weighted by Crippen LogP contribution is -2.25. The van der Waals surface area contributed by atoms with Crippen molar-refractivity contribution in [2.24, 2.45) is 0 Å². The molecule has 5 nitrogen and oxygen atoms in total. The van der Waals surface area contributed by atoms with Gasteiger partial charge in [0.2, 0.25) is 0 Å². The number of anilines is 2. The maximum absolute atomic E-state index is 12.6. The summed E-state index contributed by atoms with van der Waals surface area (Å²) in [5.74, 6) is 0.673. The quantitative estimate of drug-likeness (QED) is 0.537. The second-order valence-electron chi connectivity index (χ2n) is 5.83. The number of nitrogens with one attached hydrogen (secondary N) is 1. The number of nitrogens with zero attached hydrogens (tertiary/aromatic N) is 1. The molecule has 0 saturated carbocycles. The third-order valence-corrected chi connectivity index (χ3v) is 8.15. The van der Waals surface area contributed by atoms with Crippen LogP contribution in [0.4, 0.5) is 11.4 Å². The molecule has 1 heterocycles. The first kappa shape index (κ1) is 20.4. The normalized spacial score (nSPS) is 11.2. The fourth-order valence-electron chi connectivity index (χ4n) is 2.55. The van der Waals surface area contributed by atoms with Crippen LogP contribution in [0.3, 0.4) is 0 Å². The fourth-order valence-corrected chi connectivity index (χ4v) is 5.67. The summed E-state index contributed by atoms with van der Waals surface area (Å²) < 4.78 is 26.7. The van der Waals surface area contributed by atoms with Crippen molar-refractivity contribution in [3.05, 3.63) is 71.6 Å². The Bertz CT molecular complexity index is 1050. The number of hydrogen-bond acceptors (Lipinski definition) is 5. The van der Waals surface area contributed by atoms with Crippen molar-refractivity contribution in [1.29, 1.82) is 0 Å². The van der Waals surface area contributed by atoms with Gasteiger partial charge in [-0.15, -0.1) is 23.1 Å². The first-order valence-corrected chi connectivity index (χ1v) is 11.9. The van der Waals surface area contributed by atoms with Gasteiger partial charge in [0.05, 0.1) is 11.4 Å². The second kappa shape index (κ2) is 8.81. The van der Waals surface area contributed by atoms with E-state index in [0.717, 1.165) is 16.3 Å². The van der Waals surface area contributed by atoms with E-state index < -0.39 is 10.0 Å². The zero-order valence-electron chi connectivity index (χ0n) is 15.5. The van der Waals surface area contributed by atoms with Crippen molar-refractivity contribution in [3.8, 4) is 0 Å². The topological polar surface area (TPSA) is 66.5 Å². The average Bonchev–Trinajstić information content (AvgIpc) is 3.25.